The van der Waals surface area contributed by atoms with Gasteiger partial charge in [-0.3, -0.25) is 0 Å². The SMILES string of the molecule is CC(OCCOCCOCCOCCOCCCl)C(=O)O. The van der Waals surface area contributed by atoms with Crippen LogP contribution >= 0.6 is 11.6 Å². The van der Waals surface area contributed by atoms with Crippen molar-refractivity contribution >= 4 is 17.6 Å². The molecular weight excluding hydrogens is 304 g/mol. The smallest absolute Gasteiger partial charge is 0.332 e. The number of carboxylic acid groups (broad SMARTS) is 1. The number of aliphatic carboxylic acids is 1. The summed E-state index contributed by atoms with van der Waals surface area (Å²) >= 11 is 5.44. The number of ether oxygens (including phenoxy) is 5. The zero-order valence-corrected chi connectivity index (χ0v) is 13.2. The van der Waals surface area contributed by atoms with Crippen molar-refractivity contribution in [2.24, 2.45) is 0 Å². The number of hydrogen-bond donors (Lipinski definition) is 1. The van der Waals surface area contributed by atoms with E-state index >= 15 is 0 Å². The Morgan fingerprint density at radius 3 is 1.62 bits per heavy atom. The summed E-state index contributed by atoms with van der Waals surface area (Å²) in [6, 6.07) is 0. The van der Waals surface area contributed by atoms with Gasteiger partial charge in [0.2, 0.25) is 0 Å². The molecule has 0 radical (unpaired) electrons. The monoisotopic (exact) mass is 328 g/mol. The second kappa shape index (κ2) is 15.9. The molecule has 0 aliphatic rings. The van der Waals surface area contributed by atoms with Crippen molar-refractivity contribution < 1.29 is 33.6 Å². The first-order chi connectivity index (χ1) is 10.2. The van der Waals surface area contributed by atoms with Crippen LogP contribution in [-0.2, 0) is 28.5 Å². The molecule has 0 heterocycles. The molecule has 1 N–H and O–H groups in total. The molecule has 0 fully saturated rings. The number of carboxylic acids is 1. The summed E-state index contributed by atoms with van der Waals surface area (Å²) in [5.74, 6) is -0.491. The third-order valence-electron chi connectivity index (χ3n) is 2.28. The van der Waals surface area contributed by atoms with Crippen LogP contribution in [0.4, 0.5) is 0 Å². The third kappa shape index (κ3) is 15.8. The Morgan fingerprint density at radius 2 is 1.24 bits per heavy atom. The number of rotatable bonds is 16. The first-order valence-corrected chi connectivity index (χ1v) is 7.43. The van der Waals surface area contributed by atoms with Crippen LogP contribution in [0.5, 0.6) is 0 Å². The maximum Gasteiger partial charge on any atom is 0.332 e. The minimum Gasteiger partial charge on any atom is -0.479 e. The predicted molar refractivity (Wildman–Crippen MR) is 77.0 cm³/mol. The highest BCUT2D eigenvalue weighted by molar-refractivity contribution is 6.17. The number of hydrogen-bond acceptors (Lipinski definition) is 6. The van der Waals surface area contributed by atoms with Crippen LogP contribution in [-0.4, -0.2) is 82.5 Å². The molecule has 1 unspecified atom stereocenters. The highest BCUT2D eigenvalue weighted by atomic mass is 35.5. The molecule has 0 aromatic carbocycles. The highest BCUT2D eigenvalue weighted by Gasteiger charge is 2.09. The molecule has 0 aromatic rings. The van der Waals surface area contributed by atoms with Gasteiger partial charge in [0.05, 0.1) is 59.5 Å². The minimum atomic E-state index is -0.980. The molecule has 0 bridgehead atoms. The van der Waals surface area contributed by atoms with Gasteiger partial charge in [-0.05, 0) is 6.92 Å². The molecule has 126 valence electrons. The Balaban J connectivity index is 3.04. The van der Waals surface area contributed by atoms with Crippen molar-refractivity contribution in [3.63, 3.8) is 0 Å². The molecule has 0 saturated heterocycles. The lowest BCUT2D eigenvalue weighted by molar-refractivity contribution is -0.150. The van der Waals surface area contributed by atoms with E-state index in [0.717, 1.165) is 0 Å². The van der Waals surface area contributed by atoms with E-state index in [-0.39, 0.29) is 6.61 Å². The standard InChI is InChI=1S/C13H25ClO7/c1-12(13(15)16)21-11-10-20-9-8-19-7-6-18-5-4-17-3-2-14/h12H,2-11H2,1H3,(H,15,16). The molecule has 0 amide bonds. The van der Waals surface area contributed by atoms with Crippen LogP contribution in [0.15, 0.2) is 0 Å². The van der Waals surface area contributed by atoms with Crippen LogP contribution in [0.3, 0.4) is 0 Å². The predicted octanol–water partition coefficient (Wildman–Crippen LogP) is 0.781. The van der Waals surface area contributed by atoms with E-state index in [0.29, 0.717) is 58.7 Å². The average molecular weight is 329 g/mol. The Labute approximate surface area is 130 Å². The summed E-state index contributed by atoms with van der Waals surface area (Å²) in [7, 11) is 0. The zero-order valence-electron chi connectivity index (χ0n) is 12.4. The highest BCUT2D eigenvalue weighted by Crippen LogP contribution is 1.90. The van der Waals surface area contributed by atoms with Crippen molar-refractivity contribution in [1.29, 1.82) is 0 Å². The van der Waals surface area contributed by atoms with Crippen LogP contribution in [0, 0.1) is 0 Å². The molecule has 0 aromatic heterocycles. The van der Waals surface area contributed by atoms with Crippen molar-refractivity contribution in [3.8, 4) is 0 Å². The van der Waals surface area contributed by atoms with E-state index in [1.165, 1.54) is 6.92 Å². The van der Waals surface area contributed by atoms with Gasteiger partial charge in [0.15, 0.2) is 6.10 Å². The van der Waals surface area contributed by atoms with E-state index in [1.54, 1.807) is 0 Å². The molecular formula is C13H25ClO7. The van der Waals surface area contributed by atoms with Gasteiger partial charge < -0.3 is 28.8 Å². The van der Waals surface area contributed by atoms with Gasteiger partial charge in [0, 0.05) is 5.88 Å². The van der Waals surface area contributed by atoms with Gasteiger partial charge >= 0.3 is 5.97 Å². The molecule has 0 saturated carbocycles. The van der Waals surface area contributed by atoms with Crippen LogP contribution in [0.1, 0.15) is 6.92 Å². The summed E-state index contributed by atoms with van der Waals surface area (Å²) in [6.45, 7) is 5.55. The lowest BCUT2D eigenvalue weighted by Crippen LogP contribution is -2.22. The van der Waals surface area contributed by atoms with Crippen molar-refractivity contribution in [3.05, 3.63) is 0 Å². The summed E-state index contributed by atoms with van der Waals surface area (Å²) in [4.78, 5) is 10.5. The summed E-state index contributed by atoms with van der Waals surface area (Å²) < 4.78 is 25.9. The molecule has 0 rings (SSSR count). The van der Waals surface area contributed by atoms with Gasteiger partial charge in [-0.15, -0.1) is 11.6 Å². The van der Waals surface area contributed by atoms with Gasteiger partial charge in [-0.1, -0.05) is 0 Å². The van der Waals surface area contributed by atoms with Crippen molar-refractivity contribution in [2.75, 3.05) is 65.3 Å². The second-order valence-electron chi connectivity index (χ2n) is 3.99. The van der Waals surface area contributed by atoms with E-state index in [9.17, 15) is 4.79 Å². The normalized spacial score (nSPS) is 12.5. The van der Waals surface area contributed by atoms with Crippen LogP contribution < -0.4 is 0 Å². The Bertz CT molecular complexity index is 241. The molecule has 0 aliphatic heterocycles. The minimum absolute atomic E-state index is 0.249. The number of alkyl halides is 1. The number of halogens is 1. The van der Waals surface area contributed by atoms with Crippen molar-refractivity contribution in [2.45, 2.75) is 13.0 Å². The van der Waals surface area contributed by atoms with Gasteiger partial charge in [-0.25, -0.2) is 4.79 Å². The molecule has 7 nitrogen and oxygen atoms in total. The summed E-state index contributed by atoms with van der Waals surface area (Å²) in [6.07, 6.45) is -0.810. The molecule has 8 heteroatoms. The van der Waals surface area contributed by atoms with Crippen LogP contribution in [0.25, 0.3) is 0 Å². The number of carbonyl (C=O) groups is 1. The van der Waals surface area contributed by atoms with Crippen molar-refractivity contribution in [1.82, 2.24) is 0 Å². The Hall–Kier alpha value is -0.440. The van der Waals surface area contributed by atoms with Gasteiger partial charge in [-0.2, -0.15) is 0 Å². The first kappa shape index (κ1) is 20.6. The molecule has 1 atom stereocenters. The first-order valence-electron chi connectivity index (χ1n) is 6.89. The maximum absolute atomic E-state index is 10.5. The Morgan fingerprint density at radius 1 is 0.857 bits per heavy atom. The zero-order chi connectivity index (χ0) is 15.8. The third-order valence-corrected chi connectivity index (χ3v) is 2.44. The maximum atomic E-state index is 10.5. The fraction of sp³-hybridized carbons (Fsp3) is 0.923. The fourth-order valence-electron chi connectivity index (χ4n) is 1.17. The van der Waals surface area contributed by atoms with Crippen LogP contribution in [0.2, 0.25) is 0 Å². The van der Waals surface area contributed by atoms with E-state index < -0.39 is 12.1 Å². The van der Waals surface area contributed by atoms with Gasteiger partial charge in [0.1, 0.15) is 0 Å². The van der Waals surface area contributed by atoms with E-state index in [1.807, 2.05) is 0 Å². The van der Waals surface area contributed by atoms with Gasteiger partial charge in [0.25, 0.3) is 0 Å². The molecule has 21 heavy (non-hydrogen) atoms. The lowest BCUT2D eigenvalue weighted by Gasteiger charge is -2.09. The fourth-order valence-corrected chi connectivity index (χ4v) is 1.28. The molecule has 0 aliphatic carbocycles. The second-order valence-corrected chi connectivity index (χ2v) is 4.37. The van der Waals surface area contributed by atoms with E-state index in [4.69, 9.17) is 40.4 Å². The largest absolute Gasteiger partial charge is 0.479 e. The summed E-state index contributed by atoms with van der Waals surface area (Å²) in [5.41, 5.74) is 0. The average Bonchev–Trinajstić information content (AvgIpc) is 2.47. The quantitative estimate of drug-likeness (QED) is 0.331. The lowest BCUT2D eigenvalue weighted by atomic mass is 10.4. The Kier molecular flexibility index (Phi) is 15.6. The summed E-state index contributed by atoms with van der Waals surface area (Å²) in [5, 5.41) is 8.57. The van der Waals surface area contributed by atoms with E-state index in [2.05, 4.69) is 0 Å². The molecule has 0 spiro atoms. The topological polar surface area (TPSA) is 83.5 Å².